The van der Waals surface area contributed by atoms with Gasteiger partial charge in [-0.15, -0.1) is 0 Å². The minimum atomic E-state index is 0.469. The molecule has 0 aliphatic heterocycles. The van der Waals surface area contributed by atoms with Crippen LogP contribution in [0.2, 0.25) is 0 Å². The molecule has 0 fully saturated rings. The number of anilines is 5. The Labute approximate surface area is 166 Å². The van der Waals surface area contributed by atoms with E-state index < -0.39 is 0 Å². The number of nitrogens with one attached hydrogen (secondary N) is 2. The molecule has 0 radical (unpaired) electrons. The van der Waals surface area contributed by atoms with E-state index in [1.54, 1.807) is 0 Å². The average molecular weight is 377 g/mol. The molecule has 2 aromatic carbocycles. The van der Waals surface area contributed by atoms with Crippen molar-refractivity contribution in [1.29, 1.82) is 0 Å². The number of ether oxygens (including phenoxy) is 1. The Hall–Kier alpha value is -3.28. The molecule has 0 amide bonds. The van der Waals surface area contributed by atoms with Crippen LogP contribution >= 0.6 is 0 Å². The van der Waals surface area contributed by atoms with Crippen molar-refractivity contribution < 1.29 is 4.74 Å². The lowest BCUT2D eigenvalue weighted by Gasteiger charge is -2.14. The summed E-state index contributed by atoms with van der Waals surface area (Å²) < 4.78 is 5.69. The van der Waals surface area contributed by atoms with Crippen molar-refractivity contribution in [3.8, 4) is 5.75 Å². The highest BCUT2D eigenvalue weighted by molar-refractivity contribution is 5.80. The predicted molar refractivity (Wildman–Crippen MR) is 116 cm³/mol. The van der Waals surface area contributed by atoms with Crippen LogP contribution in [0.3, 0.4) is 0 Å². The molecule has 0 aliphatic rings. The first-order valence-corrected chi connectivity index (χ1v) is 9.66. The van der Waals surface area contributed by atoms with E-state index >= 15 is 0 Å². The Bertz CT molecular complexity index is 896. The van der Waals surface area contributed by atoms with Crippen molar-refractivity contribution in [2.45, 2.75) is 33.1 Å². The zero-order valence-corrected chi connectivity index (χ0v) is 16.4. The minimum absolute atomic E-state index is 0.469. The topological polar surface area (TPSA) is 85.1 Å². The molecule has 1 heterocycles. The molecule has 3 rings (SSSR count). The van der Waals surface area contributed by atoms with Gasteiger partial charge in [0.1, 0.15) is 17.8 Å². The first kappa shape index (κ1) is 19.5. The summed E-state index contributed by atoms with van der Waals surface area (Å²) in [6.45, 7) is 5.00. The molecule has 4 N–H and O–H groups in total. The Balaban J connectivity index is 1.72. The maximum Gasteiger partial charge on any atom is 0.159 e. The van der Waals surface area contributed by atoms with Crippen LogP contribution in [-0.4, -0.2) is 16.6 Å². The first-order valence-electron chi connectivity index (χ1n) is 9.66. The molecule has 0 unspecified atom stereocenters. The fourth-order valence-electron chi connectivity index (χ4n) is 2.78. The van der Waals surface area contributed by atoms with E-state index in [1.165, 1.54) is 11.9 Å². The van der Waals surface area contributed by atoms with Gasteiger partial charge in [-0.05, 0) is 48.7 Å². The van der Waals surface area contributed by atoms with Gasteiger partial charge in [-0.3, -0.25) is 0 Å². The molecule has 3 aromatic rings. The van der Waals surface area contributed by atoms with Crippen LogP contribution in [0.1, 0.15) is 32.3 Å². The highest BCUT2D eigenvalue weighted by atomic mass is 16.5. The van der Waals surface area contributed by atoms with Crippen LogP contribution in [0.5, 0.6) is 5.75 Å². The van der Waals surface area contributed by atoms with Crippen molar-refractivity contribution in [3.05, 3.63) is 60.4 Å². The summed E-state index contributed by atoms with van der Waals surface area (Å²) in [6, 6.07) is 15.9. The molecule has 6 nitrogen and oxygen atoms in total. The second kappa shape index (κ2) is 9.60. The summed E-state index contributed by atoms with van der Waals surface area (Å²) in [4.78, 5) is 8.58. The molecule has 0 saturated carbocycles. The van der Waals surface area contributed by atoms with Gasteiger partial charge < -0.3 is 21.1 Å². The number of para-hydroxylation sites is 1. The van der Waals surface area contributed by atoms with Crippen molar-refractivity contribution >= 4 is 28.7 Å². The number of hydrogen-bond donors (Lipinski definition) is 3. The normalized spacial score (nSPS) is 10.5. The minimum Gasteiger partial charge on any atom is -0.494 e. The summed E-state index contributed by atoms with van der Waals surface area (Å²) in [5, 5.41) is 6.57. The molecular weight excluding hydrogens is 350 g/mol. The van der Waals surface area contributed by atoms with Gasteiger partial charge in [0.15, 0.2) is 11.6 Å². The zero-order valence-electron chi connectivity index (χ0n) is 16.4. The maximum absolute atomic E-state index is 6.31. The Morgan fingerprint density at radius 1 is 0.929 bits per heavy atom. The monoisotopic (exact) mass is 377 g/mol. The largest absolute Gasteiger partial charge is 0.494 e. The van der Waals surface area contributed by atoms with E-state index in [9.17, 15) is 0 Å². The van der Waals surface area contributed by atoms with Crippen LogP contribution in [0.15, 0.2) is 54.9 Å². The van der Waals surface area contributed by atoms with Gasteiger partial charge in [-0.25, -0.2) is 9.97 Å². The molecule has 0 spiro atoms. The lowest BCUT2D eigenvalue weighted by Crippen LogP contribution is -2.06. The summed E-state index contributed by atoms with van der Waals surface area (Å²) in [6.07, 6.45) is 4.59. The van der Waals surface area contributed by atoms with E-state index in [-0.39, 0.29) is 0 Å². The van der Waals surface area contributed by atoms with E-state index in [4.69, 9.17) is 10.5 Å². The van der Waals surface area contributed by atoms with E-state index in [1.807, 2.05) is 42.5 Å². The quantitative estimate of drug-likeness (QED) is 0.440. The highest BCUT2D eigenvalue weighted by Crippen LogP contribution is 2.29. The number of nitrogen functional groups attached to an aromatic ring is 1. The number of benzene rings is 2. The van der Waals surface area contributed by atoms with Crippen molar-refractivity contribution in [2.24, 2.45) is 0 Å². The Morgan fingerprint density at radius 2 is 1.64 bits per heavy atom. The number of unbranched alkanes of at least 4 members (excludes halogenated alkanes) is 1. The number of aromatic nitrogens is 2. The summed E-state index contributed by atoms with van der Waals surface area (Å²) in [5.74, 6) is 2.00. The first-order chi connectivity index (χ1) is 13.7. The third-order valence-corrected chi connectivity index (χ3v) is 4.42. The number of nitrogens with zero attached hydrogens (tertiary/aromatic N) is 2. The lowest BCUT2D eigenvalue weighted by molar-refractivity contribution is 0.309. The molecule has 6 heteroatoms. The maximum atomic E-state index is 6.31. The molecule has 0 bridgehead atoms. The van der Waals surface area contributed by atoms with Crippen molar-refractivity contribution in [1.82, 2.24) is 9.97 Å². The van der Waals surface area contributed by atoms with Crippen LogP contribution in [0, 0.1) is 0 Å². The third kappa shape index (κ3) is 4.91. The zero-order chi connectivity index (χ0) is 19.8. The van der Waals surface area contributed by atoms with Gasteiger partial charge in [0.05, 0.1) is 6.61 Å². The Morgan fingerprint density at radius 3 is 2.36 bits per heavy atom. The molecule has 146 valence electrons. The van der Waals surface area contributed by atoms with Crippen LogP contribution in [0.25, 0.3) is 0 Å². The van der Waals surface area contributed by atoms with Gasteiger partial charge >= 0.3 is 0 Å². The van der Waals surface area contributed by atoms with Gasteiger partial charge in [0, 0.05) is 11.4 Å². The lowest BCUT2D eigenvalue weighted by atomic mass is 10.1. The van der Waals surface area contributed by atoms with Crippen LogP contribution < -0.4 is 21.1 Å². The number of hydrogen-bond acceptors (Lipinski definition) is 6. The summed E-state index contributed by atoms with van der Waals surface area (Å²) >= 11 is 0. The van der Waals surface area contributed by atoms with Crippen LogP contribution in [-0.2, 0) is 6.42 Å². The fourth-order valence-corrected chi connectivity index (χ4v) is 2.78. The SMILES string of the molecule is CCCCOc1ccc(Nc2ncnc(Nc3ccccc3CC)c2N)cc1. The number of rotatable bonds is 9. The summed E-state index contributed by atoms with van der Waals surface area (Å²) in [5.41, 5.74) is 9.86. The van der Waals surface area contributed by atoms with Crippen molar-refractivity contribution in [2.75, 3.05) is 23.0 Å². The Kier molecular flexibility index (Phi) is 6.68. The van der Waals surface area contributed by atoms with Crippen LogP contribution in [0.4, 0.5) is 28.7 Å². The highest BCUT2D eigenvalue weighted by Gasteiger charge is 2.10. The number of nitrogens with two attached hydrogens (primary N) is 1. The molecular formula is C22H27N5O. The van der Waals surface area contributed by atoms with Gasteiger partial charge in [-0.1, -0.05) is 38.5 Å². The van der Waals surface area contributed by atoms with Gasteiger partial charge in [-0.2, -0.15) is 0 Å². The summed E-state index contributed by atoms with van der Waals surface area (Å²) in [7, 11) is 0. The van der Waals surface area contributed by atoms with E-state index in [0.717, 1.165) is 43.0 Å². The third-order valence-electron chi connectivity index (χ3n) is 4.42. The standard InChI is InChI=1S/C22H27N5O/c1-3-5-14-28-18-12-10-17(11-13-18)26-21-20(23)22(25-15-24-21)27-19-9-7-6-8-16(19)4-2/h6-13,15H,3-5,14,23H2,1-2H3,(H2,24,25,26,27). The fraction of sp³-hybridized carbons (Fsp3) is 0.273. The predicted octanol–water partition coefficient (Wildman–Crippen LogP) is 5.29. The molecule has 28 heavy (non-hydrogen) atoms. The van der Waals surface area contributed by atoms with Crippen molar-refractivity contribution in [3.63, 3.8) is 0 Å². The molecule has 0 atom stereocenters. The smallest absolute Gasteiger partial charge is 0.159 e. The molecule has 0 aliphatic carbocycles. The average Bonchev–Trinajstić information content (AvgIpc) is 2.73. The van der Waals surface area contributed by atoms with E-state index in [0.29, 0.717) is 17.3 Å². The van der Waals surface area contributed by atoms with Gasteiger partial charge in [0.25, 0.3) is 0 Å². The van der Waals surface area contributed by atoms with Gasteiger partial charge in [0.2, 0.25) is 0 Å². The number of aryl methyl sites for hydroxylation is 1. The van der Waals surface area contributed by atoms with E-state index in [2.05, 4.69) is 40.5 Å². The second-order valence-corrected chi connectivity index (χ2v) is 6.47. The molecule has 0 saturated heterocycles. The molecule has 1 aromatic heterocycles. The second-order valence-electron chi connectivity index (χ2n) is 6.47.